The number of urea groups is 1. The number of hydrazine groups is 1. The summed E-state index contributed by atoms with van der Waals surface area (Å²) in [6.07, 6.45) is -4.90. The van der Waals surface area contributed by atoms with Crippen LogP contribution in [-0.2, 0) is 14.8 Å². The van der Waals surface area contributed by atoms with Crippen LogP contribution in [0.2, 0.25) is 0 Å². The highest BCUT2D eigenvalue weighted by atomic mass is 32.2. The number of alkyl halides is 3. The minimum Gasteiger partial charge on any atom is -0.406 e. The highest BCUT2D eigenvalue weighted by Crippen LogP contribution is 2.23. The first-order valence-corrected chi connectivity index (χ1v) is 7.05. The van der Waals surface area contributed by atoms with Gasteiger partial charge in [-0.2, -0.15) is 0 Å². The van der Waals surface area contributed by atoms with Gasteiger partial charge in [0.05, 0.1) is 4.90 Å². The van der Waals surface area contributed by atoms with E-state index in [0.29, 0.717) is 5.01 Å². The molecule has 1 aromatic rings. The summed E-state index contributed by atoms with van der Waals surface area (Å²) >= 11 is 0. The molecule has 0 saturated carbocycles. The van der Waals surface area contributed by atoms with Crippen molar-refractivity contribution in [1.29, 1.82) is 0 Å². The predicted octanol–water partition coefficient (Wildman–Crippen LogP) is 0.330. The van der Waals surface area contributed by atoms with Crippen LogP contribution in [0.1, 0.15) is 0 Å². The molecule has 2 N–H and O–H groups in total. The molecule has 22 heavy (non-hydrogen) atoms. The van der Waals surface area contributed by atoms with Gasteiger partial charge in [0.2, 0.25) is 5.91 Å². The van der Waals surface area contributed by atoms with Gasteiger partial charge in [-0.05, 0) is 24.3 Å². The number of ether oxygens (including phenoxy) is 1. The number of imide groups is 1. The first kappa shape index (κ1) is 16.0. The second-order valence-corrected chi connectivity index (χ2v) is 5.71. The summed E-state index contributed by atoms with van der Waals surface area (Å²) in [5.74, 6) is -1.29. The van der Waals surface area contributed by atoms with Crippen LogP contribution in [0, 0.1) is 0 Å². The molecule has 0 spiro atoms. The number of hydrogen-bond donors (Lipinski definition) is 2. The lowest BCUT2D eigenvalue weighted by molar-refractivity contribution is -0.274. The normalized spacial score (nSPS) is 15.9. The van der Waals surface area contributed by atoms with E-state index < -0.39 is 45.5 Å². The van der Waals surface area contributed by atoms with Crippen LogP contribution >= 0.6 is 0 Å². The molecular weight excluding hydrogens is 331 g/mol. The van der Waals surface area contributed by atoms with Gasteiger partial charge in [0.15, 0.2) is 0 Å². The second kappa shape index (κ2) is 5.46. The van der Waals surface area contributed by atoms with Crippen molar-refractivity contribution in [1.82, 2.24) is 15.2 Å². The zero-order chi connectivity index (χ0) is 16.5. The Hall–Kier alpha value is -2.34. The summed E-state index contributed by atoms with van der Waals surface area (Å²) in [4.78, 5) is 23.6. The number of nitrogens with one attached hydrogen (secondary N) is 2. The van der Waals surface area contributed by atoms with Crippen molar-refractivity contribution in [3.8, 4) is 5.75 Å². The summed E-state index contributed by atoms with van der Waals surface area (Å²) in [7, 11) is -4.23. The molecule has 1 fully saturated rings. The average Bonchev–Trinajstić information content (AvgIpc) is 2.65. The molecule has 0 atom stereocenters. The number of benzene rings is 1. The summed E-state index contributed by atoms with van der Waals surface area (Å²) in [6, 6.07) is 2.37. The predicted molar refractivity (Wildman–Crippen MR) is 63.7 cm³/mol. The maximum absolute atomic E-state index is 12.0. The van der Waals surface area contributed by atoms with Crippen molar-refractivity contribution >= 4 is 22.0 Å². The molecule has 0 radical (unpaired) electrons. The van der Waals surface area contributed by atoms with Crippen LogP contribution in [0.4, 0.5) is 18.0 Å². The smallest absolute Gasteiger partial charge is 0.406 e. The molecule has 12 heteroatoms. The summed E-state index contributed by atoms with van der Waals surface area (Å²) in [6.45, 7) is -0.507. The van der Waals surface area contributed by atoms with E-state index in [0.717, 1.165) is 24.3 Å². The Bertz CT molecular complexity index is 702. The molecule has 1 aliphatic rings. The largest absolute Gasteiger partial charge is 0.573 e. The zero-order valence-corrected chi connectivity index (χ0v) is 11.4. The molecule has 120 valence electrons. The number of nitrogens with zero attached hydrogens (tertiary/aromatic N) is 1. The van der Waals surface area contributed by atoms with Crippen molar-refractivity contribution in [3.05, 3.63) is 24.3 Å². The first-order chi connectivity index (χ1) is 10.1. The zero-order valence-electron chi connectivity index (χ0n) is 10.5. The number of sulfonamides is 1. The summed E-state index contributed by atoms with van der Waals surface area (Å²) < 4.78 is 63.4. The maximum atomic E-state index is 12.0. The minimum atomic E-state index is -4.90. The number of carbonyl (C=O) groups is 2. The number of halogens is 3. The Kier molecular flexibility index (Phi) is 3.98. The van der Waals surface area contributed by atoms with E-state index in [9.17, 15) is 31.2 Å². The van der Waals surface area contributed by atoms with Crippen LogP contribution < -0.4 is 14.9 Å². The third kappa shape index (κ3) is 3.85. The highest BCUT2D eigenvalue weighted by Gasteiger charge is 2.32. The minimum absolute atomic E-state index is 0.408. The molecule has 2 rings (SSSR count). The van der Waals surface area contributed by atoms with Gasteiger partial charge in [0.25, 0.3) is 10.0 Å². The Balaban J connectivity index is 2.13. The van der Waals surface area contributed by atoms with E-state index >= 15 is 0 Å². The third-order valence-corrected chi connectivity index (χ3v) is 3.74. The molecule has 0 aliphatic carbocycles. The monoisotopic (exact) mass is 339 g/mol. The SMILES string of the molecule is O=C1CN(NS(=O)(=O)c2ccc(OC(F)(F)F)cc2)C(=O)N1. The second-order valence-electron chi connectivity index (χ2n) is 4.05. The lowest BCUT2D eigenvalue weighted by atomic mass is 10.3. The molecule has 1 aromatic carbocycles. The van der Waals surface area contributed by atoms with Crippen LogP contribution in [-0.4, -0.2) is 38.3 Å². The lowest BCUT2D eigenvalue weighted by Gasteiger charge is -2.15. The molecule has 0 bridgehead atoms. The van der Waals surface area contributed by atoms with E-state index in [1.165, 1.54) is 0 Å². The lowest BCUT2D eigenvalue weighted by Crippen LogP contribution is -2.43. The molecular formula is C10H8F3N3O5S. The van der Waals surface area contributed by atoms with Crippen molar-refractivity contribution in [2.24, 2.45) is 0 Å². The van der Waals surface area contributed by atoms with Gasteiger partial charge in [-0.1, -0.05) is 0 Å². The molecule has 3 amide bonds. The maximum Gasteiger partial charge on any atom is 0.573 e. The van der Waals surface area contributed by atoms with Gasteiger partial charge < -0.3 is 4.74 Å². The Morgan fingerprint density at radius 1 is 1.18 bits per heavy atom. The molecule has 0 aromatic heterocycles. The topological polar surface area (TPSA) is 105 Å². The van der Waals surface area contributed by atoms with E-state index in [1.807, 2.05) is 10.1 Å². The average molecular weight is 339 g/mol. The van der Waals surface area contributed by atoms with E-state index in [1.54, 1.807) is 0 Å². The van der Waals surface area contributed by atoms with Gasteiger partial charge >= 0.3 is 12.4 Å². The first-order valence-electron chi connectivity index (χ1n) is 5.56. The number of amides is 3. The summed E-state index contributed by atoms with van der Waals surface area (Å²) in [5, 5.41) is 2.38. The van der Waals surface area contributed by atoms with E-state index in [4.69, 9.17) is 0 Å². The van der Waals surface area contributed by atoms with Crippen molar-refractivity contribution < 1.29 is 35.9 Å². The van der Waals surface area contributed by atoms with E-state index in [2.05, 4.69) is 4.74 Å². The fraction of sp³-hybridized carbons (Fsp3) is 0.200. The summed E-state index contributed by atoms with van der Waals surface area (Å²) in [5.41, 5.74) is 0. The van der Waals surface area contributed by atoms with Gasteiger partial charge in [0, 0.05) is 0 Å². The van der Waals surface area contributed by atoms with E-state index in [-0.39, 0.29) is 0 Å². The van der Waals surface area contributed by atoms with Gasteiger partial charge in [-0.3, -0.25) is 10.1 Å². The van der Waals surface area contributed by atoms with Crippen LogP contribution in [0.15, 0.2) is 29.2 Å². The Labute approximate surface area is 121 Å². The Morgan fingerprint density at radius 2 is 1.77 bits per heavy atom. The van der Waals surface area contributed by atoms with Crippen molar-refractivity contribution in [2.45, 2.75) is 11.3 Å². The standard InChI is InChI=1S/C10H8F3N3O5S/c11-10(12,13)21-6-1-3-7(4-2-6)22(19,20)15-16-5-8(17)14-9(16)18/h1-4,15H,5H2,(H,14,17,18). The van der Waals surface area contributed by atoms with Crippen LogP contribution in [0.5, 0.6) is 5.75 Å². The third-order valence-electron chi connectivity index (χ3n) is 2.39. The quantitative estimate of drug-likeness (QED) is 0.769. The molecule has 1 saturated heterocycles. The number of rotatable bonds is 4. The number of hydrogen-bond acceptors (Lipinski definition) is 5. The fourth-order valence-electron chi connectivity index (χ4n) is 1.53. The van der Waals surface area contributed by atoms with Crippen LogP contribution in [0.25, 0.3) is 0 Å². The molecule has 1 aliphatic heterocycles. The molecule has 1 heterocycles. The van der Waals surface area contributed by atoms with Crippen molar-refractivity contribution in [3.63, 3.8) is 0 Å². The molecule has 8 nitrogen and oxygen atoms in total. The Morgan fingerprint density at radius 3 is 2.23 bits per heavy atom. The van der Waals surface area contributed by atoms with Gasteiger partial charge in [-0.25, -0.2) is 18.2 Å². The van der Waals surface area contributed by atoms with Crippen LogP contribution in [0.3, 0.4) is 0 Å². The highest BCUT2D eigenvalue weighted by molar-refractivity contribution is 7.89. The van der Waals surface area contributed by atoms with Gasteiger partial charge in [0.1, 0.15) is 12.3 Å². The van der Waals surface area contributed by atoms with Crippen molar-refractivity contribution in [2.75, 3.05) is 6.54 Å². The number of carbonyl (C=O) groups excluding carboxylic acids is 2. The van der Waals surface area contributed by atoms with Gasteiger partial charge in [-0.15, -0.1) is 18.0 Å². The molecule has 0 unspecified atom stereocenters. The fourth-order valence-corrected chi connectivity index (χ4v) is 2.57.